The zero-order valence-corrected chi connectivity index (χ0v) is 18.9. The molecule has 1 atom stereocenters. The van der Waals surface area contributed by atoms with Gasteiger partial charge < -0.3 is 5.32 Å². The highest BCUT2D eigenvalue weighted by Crippen LogP contribution is 2.50. The minimum atomic E-state index is -0.0279. The quantitative estimate of drug-likeness (QED) is 0.589. The average molecular weight is 425 g/mol. The van der Waals surface area contributed by atoms with Crippen LogP contribution in [-0.4, -0.2) is 42.9 Å². The fraction of sp³-hybridized carbons (Fsp3) is 0.345. The molecule has 1 aliphatic carbocycles. The van der Waals surface area contributed by atoms with E-state index in [0.29, 0.717) is 12.2 Å². The molecule has 0 radical (unpaired) electrons. The van der Waals surface area contributed by atoms with Gasteiger partial charge in [-0.3, -0.25) is 9.69 Å². The first kappa shape index (κ1) is 21.1. The summed E-state index contributed by atoms with van der Waals surface area (Å²) in [6.07, 6.45) is 2.68. The molecule has 3 heteroatoms. The third-order valence-corrected chi connectivity index (χ3v) is 7.40. The summed E-state index contributed by atoms with van der Waals surface area (Å²) in [7, 11) is 0. The van der Waals surface area contributed by atoms with Gasteiger partial charge in [0.2, 0.25) is 0 Å². The lowest BCUT2D eigenvalue weighted by Crippen LogP contribution is -2.55. The Hall–Kier alpha value is -2.75. The first-order valence-electron chi connectivity index (χ1n) is 11.9. The molecule has 0 bridgehead atoms. The highest BCUT2D eigenvalue weighted by molar-refractivity contribution is 5.86. The number of nitrogens with zero attached hydrogens (tertiary/aromatic N) is 1. The maximum Gasteiger partial charge on any atom is 0.155 e. The second-order valence-corrected chi connectivity index (χ2v) is 9.41. The number of rotatable bonds is 7. The Labute approximate surface area is 191 Å². The Morgan fingerprint density at radius 2 is 1.56 bits per heavy atom. The second-order valence-electron chi connectivity index (χ2n) is 9.41. The number of carbonyl (C=O) groups is 1. The van der Waals surface area contributed by atoms with E-state index in [1.165, 1.54) is 22.3 Å². The highest BCUT2D eigenvalue weighted by atomic mass is 16.1. The molecule has 0 amide bonds. The molecule has 1 fully saturated rings. The van der Waals surface area contributed by atoms with Gasteiger partial charge in [-0.2, -0.15) is 0 Å². The van der Waals surface area contributed by atoms with Crippen molar-refractivity contribution >= 4 is 5.78 Å². The van der Waals surface area contributed by atoms with Gasteiger partial charge in [0, 0.05) is 31.5 Å². The number of piperazine rings is 1. The Morgan fingerprint density at radius 1 is 0.938 bits per heavy atom. The van der Waals surface area contributed by atoms with E-state index < -0.39 is 0 Å². The van der Waals surface area contributed by atoms with Crippen molar-refractivity contribution in [1.82, 2.24) is 10.2 Å². The molecule has 164 valence electrons. The molecule has 0 aromatic heterocycles. The number of benzene rings is 3. The van der Waals surface area contributed by atoms with Crippen LogP contribution in [0.5, 0.6) is 0 Å². The normalized spacial score (nSPS) is 19.3. The van der Waals surface area contributed by atoms with E-state index in [-0.39, 0.29) is 11.5 Å². The molecule has 1 saturated heterocycles. The van der Waals surface area contributed by atoms with Gasteiger partial charge in [0.15, 0.2) is 5.78 Å². The number of ketones is 1. The predicted molar refractivity (Wildman–Crippen MR) is 131 cm³/mol. The van der Waals surface area contributed by atoms with Crippen LogP contribution in [0, 0.1) is 0 Å². The maximum atomic E-state index is 13.1. The number of nitrogens with one attached hydrogen (secondary N) is 1. The molecule has 0 saturated carbocycles. The summed E-state index contributed by atoms with van der Waals surface area (Å²) in [5.41, 5.74) is 6.78. The second kappa shape index (κ2) is 9.01. The van der Waals surface area contributed by atoms with Crippen LogP contribution in [-0.2, 0) is 16.6 Å². The molecular weight excluding hydrogens is 392 g/mol. The zero-order valence-electron chi connectivity index (χ0n) is 18.9. The van der Waals surface area contributed by atoms with E-state index in [2.05, 4.69) is 65.7 Å². The highest BCUT2D eigenvalue weighted by Gasteiger charge is 2.38. The minimum Gasteiger partial charge on any atom is -0.313 e. The summed E-state index contributed by atoms with van der Waals surface area (Å²) in [6, 6.07) is 27.8. The largest absolute Gasteiger partial charge is 0.313 e. The lowest BCUT2D eigenvalue weighted by molar-refractivity contribution is -0.124. The van der Waals surface area contributed by atoms with Crippen molar-refractivity contribution in [2.24, 2.45) is 0 Å². The van der Waals surface area contributed by atoms with Gasteiger partial charge in [-0.1, -0.05) is 85.8 Å². The fourth-order valence-electron chi connectivity index (χ4n) is 5.69. The summed E-state index contributed by atoms with van der Waals surface area (Å²) in [6.45, 7) is 6.02. The molecule has 1 heterocycles. The van der Waals surface area contributed by atoms with Crippen LogP contribution in [0.4, 0.5) is 0 Å². The molecule has 1 unspecified atom stereocenters. The lowest BCUT2D eigenvalue weighted by atomic mass is 9.76. The lowest BCUT2D eigenvalue weighted by Gasteiger charge is -2.36. The van der Waals surface area contributed by atoms with Crippen LogP contribution in [0.3, 0.4) is 0 Å². The molecule has 3 aromatic rings. The summed E-state index contributed by atoms with van der Waals surface area (Å²) in [5, 5.41) is 3.43. The fourth-order valence-corrected chi connectivity index (χ4v) is 5.69. The van der Waals surface area contributed by atoms with E-state index in [4.69, 9.17) is 0 Å². The van der Waals surface area contributed by atoms with Gasteiger partial charge in [0.05, 0.1) is 6.04 Å². The first-order valence-corrected chi connectivity index (χ1v) is 11.9. The molecule has 1 aliphatic heterocycles. The number of hydrogen-bond acceptors (Lipinski definition) is 3. The molecule has 5 rings (SSSR count). The Bertz CT molecular complexity index is 1050. The topological polar surface area (TPSA) is 32.3 Å². The number of carbonyl (C=O) groups excluding carboxylic acids is 1. The first-order chi connectivity index (χ1) is 15.7. The van der Waals surface area contributed by atoms with Crippen molar-refractivity contribution in [3.8, 4) is 11.1 Å². The van der Waals surface area contributed by atoms with Crippen molar-refractivity contribution in [2.75, 3.05) is 26.2 Å². The summed E-state index contributed by atoms with van der Waals surface area (Å²) in [5.74, 6) is 0.325. The maximum absolute atomic E-state index is 13.1. The van der Waals surface area contributed by atoms with E-state index in [9.17, 15) is 4.79 Å². The smallest absolute Gasteiger partial charge is 0.155 e. The van der Waals surface area contributed by atoms with E-state index in [1.54, 1.807) is 0 Å². The van der Waals surface area contributed by atoms with Crippen molar-refractivity contribution in [3.05, 3.63) is 95.6 Å². The van der Waals surface area contributed by atoms with Crippen molar-refractivity contribution < 1.29 is 4.79 Å². The summed E-state index contributed by atoms with van der Waals surface area (Å²) >= 11 is 0. The SMILES string of the molecule is CC1(CCCN2CCNCC2C(=O)Cc2ccccc2)c2ccccc2-c2ccccc21. The molecule has 3 nitrogen and oxygen atoms in total. The molecule has 1 N–H and O–H groups in total. The Kier molecular flexibility index (Phi) is 5.95. The van der Waals surface area contributed by atoms with Gasteiger partial charge >= 0.3 is 0 Å². The standard InChI is InChI=1S/C29H32N2O/c1-29(25-14-7-5-12-23(25)24-13-6-8-15-26(24)29)16-9-18-31-19-17-30-21-27(31)28(32)20-22-10-3-2-4-11-22/h2-8,10-15,27,30H,9,16-21H2,1H3. The molecular formula is C29H32N2O. The van der Waals surface area contributed by atoms with Gasteiger partial charge in [0.25, 0.3) is 0 Å². The third-order valence-electron chi connectivity index (χ3n) is 7.40. The van der Waals surface area contributed by atoms with Gasteiger partial charge in [-0.25, -0.2) is 0 Å². The zero-order chi connectivity index (χ0) is 22.0. The summed E-state index contributed by atoms with van der Waals surface area (Å²) < 4.78 is 0. The van der Waals surface area contributed by atoms with Gasteiger partial charge in [-0.15, -0.1) is 0 Å². The molecule has 32 heavy (non-hydrogen) atoms. The monoisotopic (exact) mass is 424 g/mol. The van der Waals surface area contributed by atoms with Gasteiger partial charge in [-0.05, 0) is 47.2 Å². The van der Waals surface area contributed by atoms with Crippen molar-refractivity contribution in [3.63, 3.8) is 0 Å². The van der Waals surface area contributed by atoms with E-state index in [1.807, 2.05) is 30.3 Å². The number of Topliss-reactive ketones (excluding diaryl/α,β-unsaturated/α-hetero) is 1. The number of fused-ring (bicyclic) bond motifs is 3. The van der Waals surface area contributed by atoms with Crippen LogP contribution in [0.25, 0.3) is 11.1 Å². The van der Waals surface area contributed by atoms with Crippen LogP contribution in [0.1, 0.15) is 36.5 Å². The molecule has 3 aromatic carbocycles. The number of hydrogen-bond donors (Lipinski definition) is 1. The van der Waals surface area contributed by atoms with Gasteiger partial charge in [0.1, 0.15) is 0 Å². The average Bonchev–Trinajstić information content (AvgIpc) is 3.09. The molecule has 2 aliphatic rings. The van der Waals surface area contributed by atoms with Crippen LogP contribution in [0.2, 0.25) is 0 Å². The Balaban J connectivity index is 1.28. The summed E-state index contributed by atoms with van der Waals surface area (Å²) in [4.78, 5) is 15.5. The molecule has 0 spiro atoms. The Morgan fingerprint density at radius 3 is 2.25 bits per heavy atom. The van der Waals surface area contributed by atoms with Crippen LogP contribution in [0.15, 0.2) is 78.9 Å². The van der Waals surface area contributed by atoms with Crippen LogP contribution >= 0.6 is 0 Å². The van der Waals surface area contributed by atoms with E-state index in [0.717, 1.165) is 44.6 Å². The van der Waals surface area contributed by atoms with Crippen molar-refractivity contribution in [1.29, 1.82) is 0 Å². The van der Waals surface area contributed by atoms with E-state index >= 15 is 0 Å². The van der Waals surface area contributed by atoms with Crippen LogP contribution < -0.4 is 5.32 Å². The van der Waals surface area contributed by atoms with Crippen molar-refractivity contribution in [2.45, 2.75) is 37.6 Å². The minimum absolute atomic E-state index is 0.0279. The predicted octanol–water partition coefficient (Wildman–Crippen LogP) is 4.84. The third kappa shape index (κ3) is 3.92.